The van der Waals surface area contributed by atoms with Gasteiger partial charge < -0.3 is 19.7 Å². The summed E-state index contributed by atoms with van der Waals surface area (Å²) in [5.74, 6) is 1.26. The Kier molecular flexibility index (Phi) is 5.71. The largest absolute Gasteiger partial charge is 0.486 e. The zero-order valence-corrected chi connectivity index (χ0v) is 14.9. The second-order valence-corrected chi connectivity index (χ2v) is 6.27. The van der Waals surface area contributed by atoms with Crippen LogP contribution in [0.25, 0.3) is 0 Å². The van der Waals surface area contributed by atoms with Crippen molar-refractivity contribution in [2.75, 3.05) is 25.0 Å². The van der Waals surface area contributed by atoms with Crippen molar-refractivity contribution in [2.45, 2.75) is 19.4 Å². The summed E-state index contributed by atoms with van der Waals surface area (Å²) in [6.45, 7) is 4.00. The van der Waals surface area contributed by atoms with Gasteiger partial charge in [-0.05, 0) is 55.0 Å². The Morgan fingerprint density at radius 1 is 1.20 bits per heavy atom. The average Bonchev–Trinajstić information content (AvgIpc) is 2.63. The van der Waals surface area contributed by atoms with Gasteiger partial charge in [0.1, 0.15) is 12.4 Å². The van der Waals surface area contributed by atoms with Gasteiger partial charge in [-0.25, -0.2) is 4.39 Å². The lowest BCUT2D eigenvalue weighted by Gasteiger charge is -2.32. The van der Waals surface area contributed by atoms with Crippen LogP contribution in [0.3, 0.4) is 0 Å². The first-order chi connectivity index (χ1) is 12.2. The number of para-hydroxylation sites is 2. The molecule has 1 aliphatic heterocycles. The Bertz CT molecular complexity index is 724. The normalized spacial score (nSPS) is 15.5. The molecule has 1 heterocycles. The Labute approximate surface area is 152 Å². The maximum absolute atomic E-state index is 13.0. The molecular formula is C19H21FN2O2S. The van der Waals surface area contributed by atoms with E-state index < -0.39 is 0 Å². The molecule has 0 radical (unpaired) electrons. The van der Waals surface area contributed by atoms with Crippen molar-refractivity contribution in [3.63, 3.8) is 0 Å². The first-order valence-electron chi connectivity index (χ1n) is 8.35. The van der Waals surface area contributed by atoms with E-state index in [2.05, 4.69) is 17.1 Å². The molecular weight excluding hydrogens is 339 g/mol. The van der Waals surface area contributed by atoms with Crippen molar-refractivity contribution in [3.05, 3.63) is 54.3 Å². The summed E-state index contributed by atoms with van der Waals surface area (Å²) in [7, 11) is 0. The zero-order valence-electron chi connectivity index (χ0n) is 14.1. The highest BCUT2D eigenvalue weighted by molar-refractivity contribution is 7.80. The number of nitrogens with zero attached hydrogens (tertiary/aromatic N) is 1. The van der Waals surface area contributed by atoms with E-state index >= 15 is 0 Å². The van der Waals surface area contributed by atoms with Crippen molar-refractivity contribution in [1.82, 2.24) is 4.90 Å². The molecule has 2 aromatic rings. The number of halogens is 1. The number of fused-ring (bicyclic) bond motifs is 1. The van der Waals surface area contributed by atoms with E-state index in [-0.39, 0.29) is 11.9 Å². The van der Waals surface area contributed by atoms with Crippen LogP contribution in [0.15, 0.2) is 48.5 Å². The maximum Gasteiger partial charge on any atom is 0.173 e. The van der Waals surface area contributed by atoms with Crippen LogP contribution in [0.4, 0.5) is 10.1 Å². The number of benzene rings is 2. The molecule has 0 saturated heterocycles. The van der Waals surface area contributed by atoms with Gasteiger partial charge in [0.2, 0.25) is 0 Å². The van der Waals surface area contributed by atoms with E-state index in [1.54, 1.807) is 12.1 Å². The van der Waals surface area contributed by atoms with Gasteiger partial charge in [-0.3, -0.25) is 0 Å². The smallest absolute Gasteiger partial charge is 0.173 e. The molecule has 0 unspecified atom stereocenters. The summed E-state index contributed by atoms with van der Waals surface area (Å²) >= 11 is 5.53. The van der Waals surface area contributed by atoms with Gasteiger partial charge in [-0.15, -0.1) is 0 Å². The van der Waals surface area contributed by atoms with Gasteiger partial charge in [0.05, 0.1) is 6.54 Å². The molecule has 0 bridgehead atoms. The first-order valence-corrected chi connectivity index (χ1v) is 8.76. The van der Waals surface area contributed by atoms with Crippen molar-refractivity contribution >= 4 is 23.0 Å². The van der Waals surface area contributed by atoms with Gasteiger partial charge in [0.15, 0.2) is 22.7 Å². The van der Waals surface area contributed by atoms with Crippen LogP contribution >= 0.6 is 12.2 Å². The number of nitrogens with one attached hydrogen (secondary N) is 1. The fourth-order valence-electron chi connectivity index (χ4n) is 2.68. The SMILES string of the molecule is CCCN(C[C@@H]1COc2ccccc2O1)C(=S)Nc1ccc(F)cc1. The average molecular weight is 360 g/mol. The topological polar surface area (TPSA) is 33.7 Å². The summed E-state index contributed by atoms with van der Waals surface area (Å²) in [5, 5.41) is 3.75. The van der Waals surface area contributed by atoms with Crippen LogP contribution < -0.4 is 14.8 Å². The summed E-state index contributed by atoms with van der Waals surface area (Å²) in [4.78, 5) is 2.06. The number of anilines is 1. The van der Waals surface area contributed by atoms with E-state index in [0.29, 0.717) is 18.3 Å². The minimum atomic E-state index is -0.270. The molecule has 132 valence electrons. The van der Waals surface area contributed by atoms with Gasteiger partial charge in [-0.2, -0.15) is 0 Å². The molecule has 25 heavy (non-hydrogen) atoms. The monoisotopic (exact) mass is 360 g/mol. The van der Waals surface area contributed by atoms with E-state index in [9.17, 15) is 4.39 Å². The van der Waals surface area contributed by atoms with Crippen LogP contribution in [0.2, 0.25) is 0 Å². The van der Waals surface area contributed by atoms with Crippen molar-refractivity contribution in [3.8, 4) is 11.5 Å². The fraction of sp³-hybridized carbons (Fsp3) is 0.316. The maximum atomic E-state index is 13.0. The van der Waals surface area contributed by atoms with Gasteiger partial charge in [0.25, 0.3) is 0 Å². The lowest BCUT2D eigenvalue weighted by atomic mass is 10.2. The standard InChI is InChI=1S/C19H21FN2O2S/c1-2-11-22(19(25)21-15-9-7-14(20)8-10-15)12-16-13-23-17-5-3-4-6-18(17)24-16/h3-10,16H,2,11-13H2,1H3,(H,21,25)/t16-/m1/s1. The molecule has 0 aliphatic carbocycles. The molecule has 1 atom stereocenters. The summed E-state index contributed by atoms with van der Waals surface area (Å²) in [5.41, 5.74) is 0.763. The minimum absolute atomic E-state index is 0.102. The van der Waals surface area contributed by atoms with Gasteiger partial charge >= 0.3 is 0 Å². The summed E-state index contributed by atoms with van der Waals surface area (Å²) in [6, 6.07) is 13.8. The highest BCUT2D eigenvalue weighted by Gasteiger charge is 2.24. The number of ether oxygens (including phenoxy) is 2. The second-order valence-electron chi connectivity index (χ2n) is 5.88. The zero-order chi connectivity index (χ0) is 17.6. The molecule has 2 aromatic carbocycles. The third kappa shape index (κ3) is 4.60. The Morgan fingerprint density at radius 2 is 1.92 bits per heavy atom. The molecule has 0 saturated carbocycles. The Morgan fingerprint density at radius 3 is 2.64 bits per heavy atom. The number of thiocarbonyl (C=S) groups is 1. The molecule has 1 aliphatic rings. The molecule has 0 fully saturated rings. The Balaban J connectivity index is 1.63. The molecule has 0 aromatic heterocycles. The third-order valence-corrected chi connectivity index (χ3v) is 4.23. The van der Waals surface area contributed by atoms with Crippen molar-refractivity contribution in [2.24, 2.45) is 0 Å². The van der Waals surface area contributed by atoms with E-state index in [4.69, 9.17) is 21.7 Å². The first kappa shape index (κ1) is 17.5. The quantitative estimate of drug-likeness (QED) is 0.813. The highest BCUT2D eigenvalue weighted by Crippen LogP contribution is 2.31. The minimum Gasteiger partial charge on any atom is -0.486 e. The predicted octanol–water partition coefficient (Wildman–Crippen LogP) is 4.07. The van der Waals surface area contributed by atoms with E-state index in [0.717, 1.165) is 30.2 Å². The van der Waals surface area contributed by atoms with Crippen LogP contribution in [-0.4, -0.2) is 35.8 Å². The molecule has 6 heteroatoms. The highest BCUT2D eigenvalue weighted by atomic mass is 32.1. The van der Waals surface area contributed by atoms with E-state index in [1.807, 2.05) is 24.3 Å². The molecule has 0 amide bonds. The van der Waals surface area contributed by atoms with Gasteiger partial charge in [0, 0.05) is 12.2 Å². The van der Waals surface area contributed by atoms with Crippen molar-refractivity contribution in [1.29, 1.82) is 0 Å². The van der Waals surface area contributed by atoms with Crippen LogP contribution in [0.1, 0.15) is 13.3 Å². The summed E-state index contributed by atoms with van der Waals surface area (Å²) < 4.78 is 24.8. The summed E-state index contributed by atoms with van der Waals surface area (Å²) in [6.07, 6.45) is 0.851. The van der Waals surface area contributed by atoms with Crippen molar-refractivity contribution < 1.29 is 13.9 Å². The third-order valence-electron chi connectivity index (χ3n) is 3.87. The van der Waals surface area contributed by atoms with E-state index in [1.165, 1.54) is 12.1 Å². The van der Waals surface area contributed by atoms with Crippen LogP contribution in [0, 0.1) is 5.82 Å². The number of hydrogen-bond donors (Lipinski definition) is 1. The molecule has 3 rings (SSSR count). The second kappa shape index (κ2) is 8.16. The fourth-order valence-corrected chi connectivity index (χ4v) is 2.96. The predicted molar refractivity (Wildman–Crippen MR) is 101 cm³/mol. The molecule has 1 N–H and O–H groups in total. The molecule has 4 nitrogen and oxygen atoms in total. The van der Waals surface area contributed by atoms with Crippen LogP contribution in [-0.2, 0) is 0 Å². The lowest BCUT2D eigenvalue weighted by Crippen LogP contribution is -2.45. The number of rotatable bonds is 5. The Hall–Kier alpha value is -2.34. The van der Waals surface area contributed by atoms with Crippen LogP contribution in [0.5, 0.6) is 11.5 Å². The number of hydrogen-bond acceptors (Lipinski definition) is 3. The molecule has 0 spiro atoms. The lowest BCUT2D eigenvalue weighted by molar-refractivity contribution is 0.0746. The van der Waals surface area contributed by atoms with Gasteiger partial charge in [-0.1, -0.05) is 19.1 Å².